The molecular formula is C27H33N3O5S. The molecule has 0 saturated heterocycles. The van der Waals surface area contributed by atoms with Crippen molar-refractivity contribution < 1.29 is 18.3 Å². The molecule has 0 spiro atoms. The van der Waals surface area contributed by atoms with Crippen LogP contribution in [0.5, 0.6) is 5.75 Å². The Bertz CT molecular complexity index is 1470. The molecule has 36 heavy (non-hydrogen) atoms. The summed E-state index contributed by atoms with van der Waals surface area (Å²) >= 11 is 0. The predicted molar refractivity (Wildman–Crippen MR) is 140 cm³/mol. The van der Waals surface area contributed by atoms with Gasteiger partial charge in [0.05, 0.1) is 34.8 Å². The van der Waals surface area contributed by atoms with Gasteiger partial charge in [0.2, 0.25) is 10.0 Å². The van der Waals surface area contributed by atoms with E-state index < -0.39 is 22.2 Å². The van der Waals surface area contributed by atoms with Crippen LogP contribution in [-0.2, 0) is 16.6 Å². The first-order chi connectivity index (χ1) is 17.2. The van der Waals surface area contributed by atoms with Gasteiger partial charge in [-0.1, -0.05) is 25.0 Å². The minimum absolute atomic E-state index is 0.0954. The van der Waals surface area contributed by atoms with Crippen molar-refractivity contribution in [1.82, 2.24) is 9.29 Å². The third-order valence-electron chi connectivity index (χ3n) is 7.65. The van der Waals surface area contributed by atoms with Gasteiger partial charge in [0, 0.05) is 25.2 Å². The number of aryl methyl sites for hydroxylation is 2. The van der Waals surface area contributed by atoms with Gasteiger partial charge in [-0.05, 0) is 61.4 Å². The van der Waals surface area contributed by atoms with Crippen LogP contribution in [0.4, 0.5) is 5.69 Å². The molecule has 2 aliphatic rings. The lowest BCUT2D eigenvalue weighted by molar-refractivity contribution is 0.0532. The van der Waals surface area contributed by atoms with Gasteiger partial charge in [-0.2, -0.15) is 4.31 Å². The number of hydrogen-bond acceptors (Lipinski definition) is 6. The lowest BCUT2D eigenvalue weighted by Gasteiger charge is -2.37. The van der Waals surface area contributed by atoms with Crippen LogP contribution in [0.3, 0.4) is 0 Å². The van der Waals surface area contributed by atoms with E-state index >= 15 is 0 Å². The fourth-order valence-corrected chi connectivity index (χ4v) is 6.98. The summed E-state index contributed by atoms with van der Waals surface area (Å²) in [7, 11) is -2.11. The Labute approximate surface area is 211 Å². The lowest BCUT2D eigenvalue weighted by Crippen LogP contribution is -2.48. The summed E-state index contributed by atoms with van der Waals surface area (Å²) in [6, 6.07) is 9.97. The van der Waals surface area contributed by atoms with Gasteiger partial charge in [0.1, 0.15) is 12.4 Å². The highest BCUT2D eigenvalue weighted by molar-refractivity contribution is 7.89. The number of nitrogens with one attached hydrogen (secondary N) is 1. The summed E-state index contributed by atoms with van der Waals surface area (Å²) in [5.41, 5.74) is 3.68. The van der Waals surface area contributed by atoms with Crippen molar-refractivity contribution in [2.45, 2.75) is 63.1 Å². The molecule has 192 valence electrons. The van der Waals surface area contributed by atoms with Gasteiger partial charge in [-0.15, -0.1) is 0 Å². The fourth-order valence-electron chi connectivity index (χ4n) is 5.30. The smallest absolute Gasteiger partial charge is 0.252 e. The number of fused-ring (bicyclic) bond motifs is 2. The highest BCUT2D eigenvalue weighted by Crippen LogP contribution is 2.36. The monoisotopic (exact) mass is 511 g/mol. The summed E-state index contributed by atoms with van der Waals surface area (Å²) < 4.78 is 35.2. The van der Waals surface area contributed by atoms with Gasteiger partial charge in [0.25, 0.3) is 5.56 Å². The van der Waals surface area contributed by atoms with Crippen molar-refractivity contribution in [1.29, 1.82) is 0 Å². The zero-order valence-electron chi connectivity index (χ0n) is 21.0. The molecule has 3 aromatic rings. The molecule has 0 bridgehead atoms. The molecule has 2 atom stereocenters. The largest absolute Gasteiger partial charge is 0.490 e. The van der Waals surface area contributed by atoms with Crippen molar-refractivity contribution >= 4 is 26.6 Å². The van der Waals surface area contributed by atoms with Gasteiger partial charge in [-0.25, -0.2) is 8.42 Å². The maximum absolute atomic E-state index is 14.1. The van der Waals surface area contributed by atoms with Crippen LogP contribution >= 0.6 is 0 Å². The molecule has 2 heterocycles. The SMILES string of the molecule is Cc1ccc2cc(CN(C3CCCCC3O)S(=O)(=O)c3ccc4c(c3)OCCN4C)c(=O)[nH]c2c1C. The van der Waals surface area contributed by atoms with Crippen LogP contribution in [0.2, 0.25) is 0 Å². The number of H-pyrrole nitrogens is 1. The van der Waals surface area contributed by atoms with Crippen LogP contribution < -0.4 is 15.2 Å². The highest BCUT2D eigenvalue weighted by Gasteiger charge is 2.38. The number of benzene rings is 2. The van der Waals surface area contributed by atoms with E-state index in [9.17, 15) is 18.3 Å². The van der Waals surface area contributed by atoms with E-state index in [1.54, 1.807) is 24.3 Å². The topological polar surface area (TPSA) is 103 Å². The normalized spacial score (nSPS) is 20.4. The van der Waals surface area contributed by atoms with Crippen molar-refractivity contribution in [3.8, 4) is 5.75 Å². The van der Waals surface area contributed by atoms with E-state index in [-0.39, 0.29) is 17.0 Å². The minimum Gasteiger partial charge on any atom is -0.490 e. The molecular weight excluding hydrogens is 478 g/mol. The number of likely N-dealkylation sites (N-methyl/N-ethyl adjacent to an activating group) is 1. The van der Waals surface area contributed by atoms with Crippen LogP contribution in [0.1, 0.15) is 42.4 Å². The molecule has 1 fully saturated rings. The molecule has 2 N–H and O–H groups in total. The first-order valence-corrected chi connectivity index (χ1v) is 13.9. The predicted octanol–water partition coefficient (Wildman–Crippen LogP) is 3.47. The molecule has 1 aromatic heterocycles. The Kier molecular flexibility index (Phi) is 6.57. The summed E-state index contributed by atoms with van der Waals surface area (Å²) in [5, 5.41) is 11.7. The van der Waals surface area contributed by atoms with Crippen molar-refractivity contribution in [3.05, 3.63) is 63.4 Å². The van der Waals surface area contributed by atoms with Gasteiger partial charge in [0.15, 0.2) is 0 Å². The molecule has 1 saturated carbocycles. The number of pyridine rings is 1. The number of rotatable bonds is 5. The second-order valence-electron chi connectivity index (χ2n) is 9.96. The average Bonchev–Trinajstić information content (AvgIpc) is 2.86. The second-order valence-corrected chi connectivity index (χ2v) is 11.9. The molecule has 1 aliphatic heterocycles. The van der Waals surface area contributed by atoms with E-state index in [0.717, 1.165) is 47.1 Å². The molecule has 9 heteroatoms. The van der Waals surface area contributed by atoms with Crippen LogP contribution in [0, 0.1) is 13.8 Å². The Balaban J connectivity index is 1.59. The number of ether oxygens (including phenoxy) is 1. The van der Waals surface area contributed by atoms with Crippen molar-refractivity contribution in [2.75, 3.05) is 25.1 Å². The summed E-state index contributed by atoms with van der Waals surface area (Å²) in [4.78, 5) is 18.2. The van der Waals surface area contributed by atoms with E-state index in [0.29, 0.717) is 30.8 Å². The van der Waals surface area contributed by atoms with Crippen LogP contribution in [-0.4, -0.2) is 55.2 Å². The maximum atomic E-state index is 14.1. The molecule has 0 radical (unpaired) electrons. The number of hydrogen-bond donors (Lipinski definition) is 2. The number of sulfonamides is 1. The minimum atomic E-state index is -4.05. The van der Waals surface area contributed by atoms with Crippen molar-refractivity contribution in [3.63, 3.8) is 0 Å². The van der Waals surface area contributed by atoms with Crippen LogP contribution in [0.25, 0.3) is 10.9 Å². The molecule has 8 nitrogen and oxygen atoms in total. The van der Waals surface area contributed by atoms with E-state index in [4.69, 9.17) is 4.74 Å². The second kappa shape index (κ2) is 9.53. The van der Waals surface area contributed by atoms with Gasteiger partial charge >= 0.3 is 0 Å². The molecule has 2 aromatic carbocycles. The zero-order chi connectivity index (χ0) is 25.6. The number of nitrogens with zero attached hydrogens (tertiary/aromatic N) is 2. The van der Waals surface area contributed by atoms with Gasteiger partial charge < -0.3 is 19.7 Å². The average molecular weight is 512 g/mol. The summed E-state index contributed by atoms with van der Waals surface area (Å²) in [6.45, 7) is 5.02. The third kappa shape index (κ3) is 4.40. The quantitative estimate of drug-likeness (QED) is 0.544. The number of aromatic amines is 1. The Morgan fingerprint density at radius 1 is 1.14 bits per heavy atom. The highest BCUT2D eigenvalue weighted by atomic mass is 32.2. The molecule has 1 aliphatic carbocycles. The first kappa shape index (κ1) is 24.8. The third-order valence-corrected chi connectivity index (χ3v) is 9.52. The van der Waals surface area contributed by atoms with E-state index in [1.807, 2.05) is 37.9 Å². The standard InChI is InChI=1S/C27H33N3O5S/c1-17-8-9-19-14-20(27(32)28-26(19)18(17)2)16-30(22-6-4-5-7-24(22)31)36(33,34)21-10-11-23-25(15-21)35-13-12-29(23)3/h8-11,14-15,22,24,31H,4-7,12-13,16H2,1-3H3,(H,28,32). The molecule has 0 amide bonds. The summed E-state index contributed by atoms with van der Waals surface area (Å²) in [6.07, 6.45) is 1.94. The molecule has 5 rings (SSSR count). The lowest BCUT2D eigenvalue weighted by atomic mass is 9.92. The maximum Gasteiger partial charge on any atom is 0.252 e. The summed E-state index contributed by atoms with van der Waals surface area (Å²) in [5.74, 6) is 0.517. The Morgan fingerprint density at radius 3 is 2.69 bits per heavy atom. The molecule has 2 unspecified atom stereocenters. The van der Waals surface area contributed by atoms with E-state index in [2.05, 4.69) is 4.98 Å². The Morgan fingerprint density at radius 2 is 1.92 bits per heavy atom. The first-order valence-electron chi connectivity index (χ1n) is 12.5. The zero-order valence-corrected chi connectivity index (χ0v) is 21.8. The van der Waals surface area contributed by atoms with Gasteiger partial charge in [-0.3, -0.25) is 4.79 Å². The number of aliphatic hydroxyl groups is 1. The number of anilines is 1. The fraction of sp³-hybridized carbons (Fsp3) is 0.444. The van der Waals surface area contributed by atoms with Crippen LogP contribution in [0.15, 0.2) is 46.1 Å². The number of aliphatic hydroxyl groups excluding tert-OH is 1. The van der Waals surface area contributed by atoms with Crippen molar-refractivity contribution in [2.24, 2.45) is 0 Å². The number of aromatic nitrogens is 1. The van der Waals surface area contributed by atoms with E-state index in [1.165, 1.54) is 4.31 Å². The Hall–Kier alpha value is -2.88.